The third-order valence-corrected chi connectivity index (χ3v) is 4.84. The number of thiophene rings is 1. The Balaban J connectivity index is 1.90. The van der Waals surface area contributed by atoms with E-state index in [1.165, 1.54) is 23.5 Å². The number of aromatic nitrogens is 1. The predicted octanol–water partition coefficient (Wildman–Crippen LogP) is 5.56. The van der Waals surface area contributed by atoms with Gasteiger partial charge in [-0.15, -0.1) is 22.7 Å². The Morgan fingerprint density at radius 3 is 2.30 bits per heavy atom. The molecule has 0 saturated heterocycles. The molecule has 0 radical (unpaired) electrons. The standard InChI is InChI=1S/C14H8F3NS2/c15-14(16,17)10-5-3-9(4-6-10)13-18-8-12(20-13)11-2-1-7-19-11/h1-8H. The van der Waals surface area contributed by atoms with E-state index in [0.29, 0.717) is 5.56 Å². The fourth-order valence-electron chi connectivity index (χ4n) is 1.74. The Morgan fingerprint density at radius 2 is 1.70 bits per heavy atom. The highest BCUT2D eigenvalue weighted by Crippen LogP contribution is 2.35. The second-order valence-corrected chi connectivity index (χ2v) is 6.06. The average Bonchev–Trinajstić information content (AvgIpc) is 3.09. The zero-order chi connectivity index (χ0) is 14.2. The molecule has 0 N–H and O–H groups in total. The molecule has 3 rings (SSSR count). The fourth-order valence-corrected chi connectivity index (χ4v) is 3.48. The highest BCUT2D eigenvalue weighted by molar-refractivity contribution is 7.22. The minimum atomic E-state index is -4.30. The summed E-state index contributed by atoms with van der Waals surface area (Å²) in [4.78, 5) is 6.41. The van der Waals surface area contributed by atoms with E-state index in [4.69, 9.17) is 0 Å². The zero-order valence-corrected chi connectivity index (χ0v) is 11.6. The monoisotopic (exact) mass is 311 g/mol. The number of benzene rings is 1. The van der Waals surface area contributed by atoms with Gasteiger partial charge in [0.2, 0.25) is 0 Å². The summed E-state index contributed by atoms with van der Waals surface area (Å²) < 4.78 is 37.5. The van der Waals surface area contributed by atoms with Crippen molar-refractivity contribution >= 4 is 22.7 Å². The maximum atomic E-state index is 12.5. The number of hydrogen-bond donors (Lipinski definition) is 0. The van der Waals surface area contributed by atoms with Crippen molar-refractivity contribution in [3.05, 3.63) is 53.5 Å². The first-order valence-electron chi connectivity index (χ1n) is 5.71. The van der Waals surface area contributed by atoms with Gasteiger partial charge in [0, 0.05) is 16.6 Å². The highest BCUT2D eigenvalue weighted by atomic mass is 32.1. The Kier molecular flexibility index (Phi) is 3.35. The van der Waals surface area contributed by atoms with Crippen molar-refractivity contribution < 1.29 is 13.2 Å². The lowest BCUT2D eigenvalue weighted by Gasteiger charge is -2.06. The van der Waals surface area contributed by atoms with E-state index in [2.05, 4.69) is 4.98 Å². The van der Waals surface area contributed by atoms with Gasteiger partial charge in [-0.25, -0.2) is 4.98 Å². The summed E-state index contributed by atoms with van der Waals surface area (Å²) in [6.45, 7) is 0. The molecular formula is C14H8F3NS2. The van der Waals surface area contributed by atoms with E-state index in [1.807, 2.05) is 17.5 Å². The van der Waals surface area contributed by atoms with Crippen LogP contribution >= 0.6 is 22.7 Å². The molecule has 2 heterocycles. The molecule has 0 unspecified atom stereocenters. The lowest BCUT2D eigenvalue weighted by Crippen LogP contribution is -2.03. The van der Waals surface area contributed by atoms with Gasteiger partial charge in [0.1, 0.15) is 5.01 Å². The normalized spacial score (nSPS) is 11.8. The van der Waals surface area contributed by atoms with Crippen LogP contribution in [0.4, 0.5) is 13.2 Å². The van der Waals surface area contributed by atoms with Crippen LogP contribution in [0.1, 0.15) is 5.56 Å². The minimum absolute atomic E-state index is 0.642. The molecule has 0 fully saturated rings. The molecule has 0 saturated carbocycles. The minimum Gasteiger partial charge on any atom is -0.244 e. The Morgan fingerprint density at radius 1 is 0.950 bits per heavy atom. The van der Waals surface area contributed by atoms with Gasteiger partial charge in [-0.1, -0.05) is 18.2 Å². The number of thiazole rings is 1. The van der Waals surface area contributed by atoms with Crippen LogP contribution in [0.15, 0.2) is 48.0 Å². The van der Waals surface area contributed by atoms with Gasteiger partial charge in [0.15, 0.2) is 0 Å². The largest absolute Gasteiger partial charge is 0.416 e. The molecule has 0 spiro atoms. The number of nitrogens with zero attached hydrogens (tertiary/aromatic N) is 1. The van der Waals surface area contributed by atoms with Crippen LogP contribution in [0.5, 0.6) is 0 Å². The lowest BCUT2D eigenvalue weighted by atomic mass is 10.1. The summed E-state index contributed by atoms with van der Waals surface area (Å²) in [6.07, 6.45) is -2.55. The number of alkyl halides is 3. The third kappa shape index (κ3) is 2.62. The summed E-state index contributed by atoms with van der Waals surface area (Å²) in [7, 11) is 0. The van der Waals surface area contributed by atoms with Crippen LogP contribution in [0.25, 0.3) is 20.3 Å². The lowest BCUT2D eigenvalue weighted by molar-refractivity contribution is -0.137. The van der Waals surface area contributed by atoms with Gasteiger partial charge >= 0.3 is 6.18 Å². The molecule has 0 aliphatic rings. The SMILES string of the molecule is FC(F)(F)c1ccc(-c2ncc(-c3cccs3)s2)cc1. The van der Waals surface area contributed by atoms with E-state index in [0.717, 1.165) is 26.9 Å². The number of hydrogen-bond acceptors (Lipinski definition) is 3. The first-order chi connectivity index (χ1) is 9.54. The van der Waals surface area contributed by atoms with E-state index < -0.39 is 11.7 Å². The molecule has 0 aliphatic carbocycles. The molecule has 20 heavy (non-hydrogen) atoms. The smallest absolute Gasteiger partial charge is 0.244 e. The molecule has 0 aliphatic heterocycles. The van der Waals surface area contributed by atoms with Crippen LogP contribution < -0.4 is 0 Å². The molecule has 0 amide bonds. The quantitative estimate of drug-likeness (QED) is 0.604. The molecule has 2 aromatic heterocycles. The van der Waals surface area contributed by atoms with Crippen LogP contribution in [0.2, 0.25) is 0 Å². The molecule has 0 atom stereocenters. The number of rotatable bonds is 2. The van der Waals surface area contributed by atoms with Gasteiger partial charge in [-0.2, -0.15) is 13.2 Å². The summed E-state index contributed by atoms with van der Waals surface area (Å²) in [5.74, 6) is 0. The van der Waals surface area contributed by atoms with E-state index in [9.17, 15) is 13.2 Å². The maximum absolute atomic E-state index is 12.5. The van der Waals surface area contributed by atoms with Crippen LogP contribution in [-0.4, -0.2) is 4.98 Å². The van der Waals surface area contributed by atoms with Gasteiger partial charge in [-0.05, 0) is 23.6 Å². The van der Waals surface area contributed by atoms with Crippen molar-refractivity contribution in [1.29, 1.82) is 0 Å². The summed E-state index contributed by atoms with van der Waals surface area (Å²) in [5, 5.41) is 2.70. The summed E-state index contributed by atoms with van der Waals surface area (Å²) in [5.41, 5.74) is 0.0575. The van der Waals surface area contributed by atoms with Crippen LogP contribution in [0, 0.1) is 0 Å². The molecule has 3 aromatic rings. The first kappa shape index (κ1) is 13.3. The second-order valence-electron chi connectivity index (χ2n) is 4.08. The topological polar surface area (TPSA) is 12.9 Å². The van der Waals surface area contributed by atoms with Gasteiger partial charge < -0.3 is 0 Å². The molecular weight excluding hydrogens is 303 g/mol. The zero-order valence-electron chi connectivity index (χ0n) is 10.0. The molecule has 6 heteroatoms. The predicted molar refractivity (Wildman–Crippen MR) is 75.9 cm³/mol. The Hall–Kier alpha value is -1.66. The van der Waals surface area contributed by atoms with Crippen LogP contribution in [0.3, 0.4) is 0 Å². The summed E-state index contributed by atoms with van der Waals surface area (Å²) in [6, 6.07) is 9.04. The Labute approximate surface area is 121 Å². The van der Waals surface area contributed by atoms with Crippen molar-refractivity contribution in [2.24, 2.45) is 0 Å². The molecule has 0 bridgehead atoms. The van der Waals surface area contributed by atoms with Crippen molar-refractivity contribution in [1.82, 2.24) is 4.98 Å². The van der Waals surface area contributed by atoms with Gasteiger partial charge in [0.25, 0.3) is 0 Å². The molecule has 102 valence electrons. The van der Waals surface area contributed by atoms with E-state index >= 15 is 0 Å². The molecule has 1 aromatic carbocycles. The van der Waals surface area contributed by atoms with Crippen molar-refractivity contribution in [2.75, 3.05) is 0 Å². The first-order valence-corrected chi connectivity index (χ1v) is 7.41. The van der Waals surface area contributed by atoms with E-state index in [1.54, 1.807) is 17.5 Å². The average molecular weight is 311 g/mol. The van der Waals surface area contributed by atoms with Crippen molar-refractivity contribution in [3.8, 4) is 20.3 Å². The van der Waals surface area contributed by atoms with Crippen molar-refractivity contribution in [2.45, 2.75) is 6.18 Å². The van der Waals surface area contributed by atoms with Gasteiger partial charge in [-0.3, -0.25) is 0 Å². The summed E-state index contributed by atoms with van der Waals surface area (Å²) >= 11 is 3.09. The third-order valence-electron chi connectivity index (χ3n) is 2.73. The fraction of sp³-hybridized carbons (Fsp3) is 0.0714. The second kappa shape index (κ2) is 5.03. The van der Waals surface area contributed by atoms with Crippen molar-refractivity contribution in [3.63, 3.8) is 0 Å². The van der Waals surface area contributed by atoms with Crippen LogP contribution in [-0.2, 0) is 6.18 Å². The maximum Gasteiger partial charge on any atom is 0.416 e. The highest BCUT2D eigenvalue weighted by Gasteiger charge is 2.30. The number of halogens is 3. The Bertz CT molecular complexity index is 697. The molecule has 1 nitrogen and oxygen atoms in total. The van der Waals surface area contributed by atoms with Gasteiger partial charge in [0.05, 0.1) is 10.4 Å². The van der Waals surface area contributed by atoms with E-state index in [-0.39, 0.29) is 0 Å².